The molecule has 0 fully saturated rings. The Morgan fingerprint density at radius 3 is 2.37 bits per heavy atom. The normalized spacial score (nSPS) is 12.9. The molecule has 2 aromatic rings. The minimum Gasteiger partial charge on any atom is -0.466 e. The molecule has 0 radical (unpaired) electrons. The van der Waals surface area contributed by atoms with E-state index in [-0.39, 0.29) is 19.1 Å². The third-order valence-corrected chi connectivity index (χ3v) is 4.68. The zero-order chi connectivity index (χ0) is 19.8. The Morgan fingerprint density at radius 2 is 1.74 bits per heavy atom. The van der Waals surface area contributed by atoms with E-state index in [1.807, 2.05) is 37.3 Å². The second-order valence-electron chi connectivity index (χ2n) is 5.91. The summed E-state index contributed by atoms with van der Waals surface area (Å²) in [4.78, 5) is 29.7. The van der Waals surface area contributed by atoms with Crippen LogP contribution in [0.4, 0.5) is 0 Å². The lowest BCUT2D eigenvalue weighted by Crippen LogP contribution is -2.26. The summed E-state index contributed by atoms with van der Waals surface area (Å²) < 4.78 is 5.08. The van der Waals surface area contributed by atoms with E-state index in [1.165, 1.54) is 0 Å². The molecule has 0 aromatic heterocycles. The van der Waals surface area contributed by atoms with Crippen LogP contribution in [0.3, 0.4) is 0 Å². The summed E-state index contributed by atoms with van der Waals surface area (Å²) in [6.45, 7) is 3.77. The van der Waals surface area contributed by atoms with Gasteiger partial charge in [0, 0.05) is 0 Å². The summed E-state index contributed by atoms with van der Waals surface area (Å²) in [5.74, 6) is -1.94. The van der Waals surface area contributed by atoms with Crippen LogP contribution in [0.15, 0.2) is 48.5 Å². The standard InChI is InChI=1S/C20H21Cl2NO4/c1-3-26-20(25)16(15-9-10-17(21)18(22)11-15)12-19(24)27-23-13(2)14-7-5-4-6-8-14/h4-11,13,16,23H,3,12H2,1-2H3/t13-,16-/m0/s1. The van der Waals surface area contributed by atoms with E-state index < -0.39 is 17.9 Å². The molecule has 0 saturated carbocycles. The third-order valence-electron chi connectivity index (χ3n) is 3.94. The topological polar surface area (TPSA) is 64.6 Å². The maximum atomic E-state index is 12.3. The van der Waals surface area contributed by atoms with Crippen LogP contribution in [0.2, 0.25) is 10.0 Å². The fourth-order valence-corrected chi connectivity index (χ4v) is 2.79. The second-order valence-corrected chi connectivity index (χ2v) is 6.72. The molecule has 0 aliphatic carbocycles. The number of ether oxygens (including phenoxy) is 1. The van der Waals surface area contributed by atoms with Gasteiger partial charge >= 0.3 is 11.9 Å². The van der Waals surface area contributed by atoms with Gasteiger partial charge in [-0.05, 0) is 37.1 Å². The Balaban J connectivity index is 2.04. The van der Waals surface area contributed by atoms with Gasteiger partial charge in [0.1, 0.15) is 0 Å². The highest BCUT2D eigenvalue weighted by molar-refractivity contribution is 6.42. The van der Waals surface area contributed by atoms with Crippen LogP contribution >= 0.6 is 23.2 Å². The molecule has 0 amide bonds. The van der Waals surface area contributed by atoms with Crippen LogP contribution in [0.25, 0.3) is 0 Å². The highest BCUT2D eigenvalue weighted by Gasteiger charge is 2.27. The van der Waals surface area contributed by atoms with Crippen molar-refractivity contribution in [1.82, 2.24) is 5.48 Å². The number of hydroxylamine groups is 1. The molecule has 0 heterocycles. The predicted octanol–water partition coefficient (Wildman–Crippen LogP) is 4.84. The van der Waals surface area contributed by atoms with Crippen molar-refractivity contribution in [3.05, 3.63) is 69.7 Å². The summed E-state index contributed by atoms with van der Waals surface area (Å²) >= 11 is 12.0. The monoisotopic (exact) mass is 409 g/mol. The molecule has 0 saturated heterocycles. The number of carbonyl (C=O) groups is 2. The first-order valence-corrected chi connectivity index (χ1v) is 9.29. The number of halogens is 2. The average Bonchev–Trinajstić information content (AvgIpc) is 2.67. The molecular weight excluding hydrogens is 389 g/mol. The minimum atomic E-state index is -0.832. The van der Waals surface area contributed by atoms with Gasteiger partial charge in [0.15, 0.2) is 0 Å². The van der Waals surface area contributed by atoms with Crippen molar-refractivity contribution in [3.63, 3.8) is 0 Å². The number of esters is 1. The molecule has 0 aliphatic rings. The number of carbonyl (C=O) groups excluding carboxylic acids is 2. The Morgan fingerprint density at radius 1 is 1.04 bits per heavy atom. The predicted molar refractivity (Wildman–Crippen MR) is 105 cm³/mol. The van der Waals surface area contributed by atoms with Crippen LogP contribution in [0, 0.1) is 0 Å². The van der Waals surface area contributed by atoms with Gasteiger partial charge in [-0.1, -0.05) is 59.6 Å². The number of rotatable bonds is 8. The van der Waals surface area contributed by atoms with Crippen molar-refractivity contribution < 1.29 is 19.2 Å². The Hall–Kier alpha value is -2.08. The molecule has 0 aliphatic heterocycles. The van der Waals surface area contributed by atoms with E-state index >= 15 is 0 Å². The van der Waals surface area contributed by atoms with Crippen molar-refractivity contribution >= 4 is 35.1 Å². The Labute approximate surface area is 168 Å². The number of nitrogens with one attached hydrogen (secondary N) is 1. The molecule has 27 heavy (non-hydrogen) atoms. The minimum absolute atomic E-state index is 0.189. The second kappa shape index (κ2) is 10.3. The largest absolute Gasteiger partial charge is 0.466 e. The van der Waals surface area contributed by atoms with Gasteiger partial charge in [-0.25, -0.2) is 0 Å². The fraction of sp³-hybridized carbons (Fsp3) is 0.300. The van der Waals surface area contributed by atoms with Crippen LogP contribution < -0.4 is 5.48 Å². The molecule has 0 unspecified atom stereocenters. The van der Waals surface area contributed by atoms with E-state index in [0.717, 1.165) is 5.56 Å². The fourth-order valence-electron chi connectivity index (χ4n) is 2.48. The number of hydrogen-bond acceptors (Lipinski definition) is 5. The molecule has 144 valence electrons. The first-order valence-electron chi connectivity index (χ1n) is 8.54. The van der Waals surface area contributed by atoms with Gasteiger partial charge in [0.05, 0.1) is 35.0 Å². The zero-order valence-corrected chi connectivity index (χ0v) is 16.6. The van der Waals surface area contributed by atoms with Gasteiger partial charge in [-0.15, -0.1) is 5.48 Å². The molecule has 0 spiro atoms. The molecule has 5 nitrogen and oxygen atoms in total. The molecule has 7 heteroatoms. The molecule has 1 N–H and O–H groups in total. The maximum absolute atomic E-state index is 12.3. The smallest absolute Gasteiger partial charge is 0.325 e. The van der Waals surface area contributed by atoms with Gasteiger partial charge in [0.25, 0.3) is 0 Å². The maximum Gasteiger partial charge on any atom is 0.325 e. The molecular formula is C20H21Cl2NO4. The average molecular weight is 410 g/mol. The number of benzene rings is 2. The lowest BCUT2D eigenvalue weighted by atomic mass is 9.96. The van der Waals surface area contributed by atoms with Crippen molar-refractivity contribution in [2.45, 2.75) is 32.2 Å². The van der Waals surface area contributed by atoms with Crippen LogP contribution in [0.1, 0.15) is 43.4 Å². The van der Waals surface area contributed by atoms with Gasteiger partial charge in [0.2, 0.25) is 0 Å². The summed E-state index contributed by atoms with van der Waals surface area (Å²) in [5, 5.41) is 0.664. The SMILES string of the molecule is CCOC(=O)[C@@H](CC(=O)ON[C@@H](C)c1ccccc1)c1ccc(Cl)c(Cl)c1. The van der Waals surface area contributed by atoms with Gasteiger partial charge in [-0.2, -0.15) is 0 Å². The highest BCUT2D eigenvalue weighted by Crippen LogP contribution is 2.29. The molecule has 2 atom stereocenters. The van der Waals surface area contributed by atoms with Crippen molar-refractivity contribution in [2.24, 2.45) is 0 Å². The lowest BCUT2D eigenvalue weighted by molar-refractivity contribution is -0.157. The Kier molecular flexibility index (Phi) is 8.10. The zero-order valence-electron chi connectivity index (χ0n) is 15.1. The summed E-state index contributed by atoms with van der Waals surface area (Å²) in [7, 11) is 0. The number of hydrogen-bond donors (Lipinski definition) is 1. The third kappa shape index (κ3) is 6.24. The van der Waals surface area contributed by atoms with E-state index in [2.05, 4.69) is 5.48 Å². The molecule has 0 bridgehead atoms. The lowest BCUT2D eigenvalue weighted by Gasteiger charge is -2.17. The van der Waals surface area contributed by atoms with E-state index in [9.17, 15) is 9.59 Å². The first kappa shape index (κ1) is 21.2. The Bertz CT molecular complexity index is 783. The van der Waals surface area contributed by atoms with Crippen LogP contribution in [-0.4, -0.2) is 18.5 Å². The van der Waals surface area contributed by atoms with Crippen LogP contribution in [0.5, 0.6) is 0 Å². The quantitative estimate of drug-likeness (QED) is 0.499. The first-order chi connectivity index (χ1) is 12.9. The van der Waals surface area contributed by atoms with Gasteiger partial charge in [-0.3, -0.25) is 9.59 Å². The van der Waals surface area contributed by atoms with Crippen molar-refractivity contribution in [3.8, 4) is 0 Å². The van der Waals surface area contributed by atoms with E-state index in [1.54, 1.807) is 25.1 Å². The molecule has 2 rings (SSSR count). The van der Waals surface area contributed by atoms with Gasteiger partial charge < -0.3 is 9.57 Å². The van der Waals surface area contributed by atoms with E-state index in [0.29, 0.717) is 15.6 Å². The van der Waals surface area contributed by atoms with E-state index in [4.69, 9.17) is 32.8 Å². The molecule has 2 aromatic carbocycles. The summed E-state index contributed by atoms with van der Waals surface area (Å²) in [6, 6.07) is 14.1. The summed E-state index contributed by atoms with van der Waals surface area (Å²) in [5.41, 5.74) is 4.21. The van der Waals surface area contributed by atoms with Crippen molar-refractivity contribution in [2.75, 3.05) is 6.61 Å². The highest BCUT2D eigenvalue weighted by atomic mass is 35.5. The van der Waals surface area contributed by atoms with Crippen LogP contribution in [-0.2, 0) is 19.2 Å². The van der Waals surface area contributed by atoms with Crippen molar-refractivity contribution in [1.29, 1.82) is 0 Å². The summed E-state index contributed by atoms with van der Waals surface area (Å²) in [6.07, 6.45) is -0.189.